The van der Waals surface area contributed by atoms with Crippen LogP contribution in [0.3, 0.4) is 0 Å². The number of benzene rings is 2. The number of nitrogens with one attached hydrogen (secondary N) is 1. The third kappa shape index (κ3) is 3.19. The molecule has 1 amide bonds. The smallest absolute Gasteiger partial charge is 0.227 e. The second kappa shape index (κ2) is 6.80. The fourth-order valence-electron chi connectivity index (χ4n) is 5.11. The molecule has 2 aliphatic carbocycles. The van der Waals surface area contributed by atoms with Gasteiger partial charge in [0.15, 0.2) is 11.6 Å². The van der Waals surface area contributed by atoms with Crippen molar-refractivity contribution in [1.82, 2.24) is 9.55 Å². The van der Waals surface area contributed by atoms with E-state index in [-0.39, 0.29) is 17.9 Å². The lowest BCUT2D eigenvalue weighted by Gasteiger charge is -2.20. The van der Waals surface area contributed by atoms with Crippen molar-refractivity contribution in [3.63, 3.8) is 0 Å². The molecule has 0 spiro atoms. The maximum Gasteiger partial charge on any atom is 0.227 e. The van der Waals surface area contributed by atoms with Crippen molar-refractivity contribution in [3.05, 3.63) is 59.4 Å². The van der Waals surface area contributed by atoms with E-state index >= 15 is 0 Å². The van der Waals surface area contributed by atoms with Crippen molar-refractivity contribution in [2.24, 2.45) is 23.7 Å². The Bertz CT molecular complexity index is 1090. The Morgan fingerprint density at radius 3 is 2.52 bits per heavy atom. The van der Waals surface area contributed by atoms with Gasteiger partial charge in [0.1, 0.15) is 0 Å². The first-order valence-corrected chi connectivity index (χ1v) is 10.2. The van der Waals surface area contributed by atoms with Crippen molar-refractivity contribution in [2.45, 2.75) is 25.8 Å². The molecule has 0 aliphatic heterocycles. The molecule has 29 heavy (non-hydrogen) atoms. The number of hydrogen-bond donors (Lipinski definition) is 1. The lowest BCUT2D eigenvalue weighted by Crippen LogP contribution is -2.24. The van der Waals surface area contributed by atoms with E-state index in [4.69, 9.17) is 11.6 Å². The maximum absolute atomic E-state index is 13.7. The summed E-state index contributed by atoms with van der Waals surface area (Å²) in [5, 5.41) is 3.60. The Balaban J connectivity index is 1.25. The molecule has 3 aromatic rings. The highest BCUT2D eigenvalue weighted by atomic mass is 35.5. The van der Waals surface area contributed by atoms with E-state index in [1.807, 2.05) is 11.5 Å². The summed E-state index contributed by atoms with van der Waals surface area (Å²) in [5.41, 5.74) is 1.84. The Kier molecular flexibility index (Phi) is 4.35. The molecule has 0 bridgehead atoms. The first kappa shape index (κ1) is 18.6. The Hall–Kier alpha value is -2.47. The summed E-state index contributed by atoms with van der Waals surface area (Å²) in [6.07, 6.45) is 3.53. The van der Waals surface area contributed by atoms with Crippen LogP contribution in [0.2, 0.25) is 5.02 Å². The van der Waals surface area contributed by atoms with Crippen molar-refractivity contribution in [1.29, 1.82) is 0 Å². The molecule has 1 N–H and O–H groups in total. The van der Waals surface area contributed by atoms with Gasteiger partial charge in [-0.1, -0.05) is 18.5 Å². The molecule has 5 atom stereocenters. The number of carbonyl (C=O) groups is 1. The molecular formula is C22H20ClF2N3O. The topological polar surface area (TPSA) is 46.9 Å². The van der Waals surface area contributed by atoms with Crippen molar-refractivity contribution >= 4 is 34.2 Å². The summed E-state index contributed by atoms with van der Waals surface area (Å²) in [7, 11) is 0. The summed E-state index contributed by atoms with van der Waals surface area (Å²) < 4.78 is 29.1. The minimum absolute atomic E-state index is 0.0221. The normalized spacial score (nSPS) is 26.3. The van der Waals surface area contributed by atoms with E-state index in [9.17, 15) is 13.6 Å². The van der Waals surface area contributed by atoms with Gasteiger partial charge in [0, 0.05) is 34.8 Å². The average Bonchev–Trinajstić information content (AvgIpc) is 3.02. The van der Waals surface area contributed by atoms with Crippen molar-refractivity contribution < 1.29 is 13.6 Å². The number of hydrogen-bond acceptors (Lipinski definition) is 2. The summed E-state index contributed by atoms with van der Waals surface area (Å²) in [5.74, 6) is -0.461. The number of imidazole rings is 1. The van der Waals surface area contributed by atoms with E-state index in [2.05, 4.69) is 10.3 Å². The zero-order valence-corrected chi connectivity index (χ0v) is 16.5. The number of nitrogens with zero attached hydrogens (tertiary/aromatic N) is 2. The Labute approximate surface area is 171 Å². The van der Waals surface area contributed by atoms with Gasteiger partial charge in [0.25, 0.3) is 0 Å². The Morgan fingerprint density at radius 2 is 1.83 bits per heavy atom. The third-order valence-electron chi connectivity index (χ3n) is 6.60. The predicted molar refractivity (Wildman–Crippen MR) is 108 cm³/mol. The summed E-state index contributed by atoms with van der Waals surface area (Å²) in [6.45, 7) is 1.98. The van der Waals surface area contributed by atoms with E-state index in [0.717, 1.165) is 24.6 Å². The highest BCUT2D eigenvalue weighted by Gasteiger charge is 2.59. The molecule has 1 heterocycles. The number of aromatic nitrogens is 2. The van der Waals surface area contributed by atoms with Crippen LogP contribution in [0.25, 0.3) is 11.0 Å². The lowest BCUT2D eigenvalue weighted by molar-refractivity contribution is -0.120. The Morgan fingerprint density at radius 1 is 1.17 bits per heavy atom. The molecule has 150 valence electrons. The van der Waals surface area contributed by atoms with Crippen LogP contribution in [-0.2, 0) is 4.79 Å². The summed E-state index contributed by atoms with van der Waals surface area (Å²) >= 11 is 5.89. The molecule has 7 heteroatoms. The molecule has 1 aromatic heterocycles. The molecule has 2 saturated carbocycles. The monoisotopic (exact) mass is 415 g/mol. The molecule has 2 fully saturated rings. The van der Waals surface area contributed by atoms with E-state index < -0.39 is 11.6 Å². The van der Waals surface area contributed by atoms with Crippen LogP contribution in [0, 0.1) is 35.3 Å². The fraction of sp³-hybridized carbons (Fsp3) is 0.364. The van der Waals surface area contributed by atoms with Gasteiger partial charge in [0.05, 0.1) is 17.4 Å². The maximum atomic E-state index is 13.7. The second-order valence-corrected chi connectivity index (χ2v) is 8.66. The number of anilines is 1. The quantitative estimate of drug-likeness (QED) is 0.616. The van der Waals surface area contributed by atoms with Gasteiger partial charge in [-0.05, 0) is 54.9 Å². The molecule has 0 saturated heterocycles. The van der Waals surface area contributed by atoms with Crippen molar-refractivity contribution in [2.75, 3.05) is 5.32 Å². The van der Waals surface area contributed by atoms with Crippen LogP contribution >= 0.6 is 11.6 Å². The van der Waals surface area contributed by atoms with Gasteiger partial charge in [-0.3, -0.25) is 4.79 Å². The van der Waals surface area contributed by atoms with Crippen LogP contribution < -0.4 is 5.32 Å². The minimum Gasteiger partial charge on any atom is -0.327 e. The largest absolute Gasteiger partial charge is 0.327 e. The summed E-state index contributed by atoms with van der Waals surface area (Å²) in [4.78, 5) is 16.9. The highest BCUT2D eigenvalue weighted by molar-refractivity contribution is 6.30. The molecule has 0 radical (unpaired) electrons. The molecular weight excluding hydrogens is 396 g/mol. The standard InChI is InChI=1S/C22H20ClF2N3O/c1-11(22(29)27-13-4-2-12(23)3-5-13)21-15-6-14(7-16(15)21)28-10-26-19-8-17(24)18(25)9-20(19)28/h2-5,8-11,14-16,21H,6-7H2,1H3,(H,27,29)/t11-,14-,15-,16+,21+/m0/s1. The second-order valence-electron chi connectivity index (χ2n) is 8.22. The molecule has 0 unspecified atom stereocenters. The molecule has 2 aliphatic rings. The van der Waals surface area contributed by atoms with E-state index in [1.54, 1.807) is 30.6 Å². The van der Waals surface area contributed by atoms with Crippen LogP contribution in [0.4, 0.5) is 14.5 Å². The molecule has 2 aromatic carbocycles. The van der Waals surface area contributed by atoms with Gasteiger partial charge in [0.2, 0.25) is 5.91 Å². The van der Waals surface area contributed by atoms with E-state index in [1.165, 1.54) is 6.07 Å². The number of amides is 1. The SMILES string of the molecule is C[C@H](C(=O)Nc1ccc(Cl)cc1)[C@H]1[C@@H]2C[C@@H](n3cnc4cc(F)c(F)cc43)C[C@@H]21. The van der Waals surface area contributed by atoms with Gasteiger partial charge < -0.3 is 9.88 Å². The van der Waals surface area contributed by atoms with E-state index in [0.29, 0.717) is 33.8 Å². The molecule has 5 rings (SSSR count). The number of halogens is 3. The first-order chi connectivity index (χ1) is 13.9. The zero-order valence-electron chi connectivity index (χ0n) is 15.8. The van der Waals surface area contributed by atoms with Crippen LogP contribution in [0.15, 0.2) is 42.7 Å². The van der Waals surface area contributed by atoms with Gasteiger partial charge in [-0.25, -0.2) is 13.8 Å². The van der Waals surface area contributed by atoms with Crippen LogP contribution in [-0.4, -0.2) is 15.5 Å². The minimum atomic E-state index is -0.877. The van der Waals surface area contributed by atoms with Crippen LogP contribution in [0.5, 0.6) is 0 Å². The van der Waals surface area contributed by atoms with Gasteiger partial charge >= 0.3 is 0 Å². The summed E-state index contributed by atoms with van der Waals surface area (Å²) in [6, 6.07) is 9.67. The van der Waals surface area contributed by atoms with Gasteiger partial charge in [-0.15, -0.1) is 0 Å². The number of rotatable bonds is 4. The number of carbonyl (C=O) groups excluding carboxylic acids is 1. The highest BCUT2D eigenvalue weighted by Crippen LogP contribution is 2.64. The lowest BCUT2D eigenvalue weighted by atomic mass is 9.96. The predicted octanol–water partition coefficient (Wildman–Crippen LogP) is 5.44. The van der Waals surface area contributed by atoms with Crippen molar-refractivity contribution in [3.8, 4) is 0 Å². The zero-order chi connectivity index (χ0) is 20.3. The molecule has 4 nitrogen and oxygen atoms in total. The number of fused-ring (bicyclic) bond motifs is 2. The third-order valence-corrected chi connectivity index (χ3v) is 6.85. The van der Waals surface area contributed by atoms with Gasteiger partial charge in [-0.2, -0.15) is 0 Å². The fourth-order valence-corrected chi connectivity index (χ4v) is 5.24. The average molecular weight is 416 g/mol. The van der Waals surface area contributed by atoms with Crippen LogP contribution in [0.1, 0.15) is 25.8 Å². The first-order valence-electron chi connectivity index (χ1n) is 9.80.